The van der Waals surface area contributed by atoms with E-state index in [2.05, 4.69) is 9.97 Å². The van der Waals surface area contributed by atoms with Crippen LogP contribution in [0, 0.1) is 0 Å². The molecule has 8 nitrogen and oxygen atoms in total. The molecule has 152 valence electrons. The lowest BCUT2D eigenvalue weighted by atomic mass is 9.91. The first kappa shape index (κ1) is 19.2. The van der Waals surface area contributed by atoms with Crippen molar-refractivity contribution in [2.24, 2.45) is 0 Å². The quantitative estimate of drug-likeness (QED) is 0.767. The molecule has 2 unspecified atom stereocenters. The summed E-state index contributed by atoms with van der Waals surface area (Å²) in [6.07, 6.45) is 3.97. The molecule has 29 heavy (non-hydrogen) atoms. The molecule has 2 atom stereocenters. The highest BCUT2D eigenvalue weighted by Gasteiger charge is 2.39. The summed E-state index contributed by atoms with van der Waals surface area (Å²) in [5.74, 6) is 0.446. The Bertz CT molecular complexity index is 902. The number of amides is 1. The predicted octanol–water partition coefficient (Wildman–Crippen LogP) is 2.69. The van der Waals surface area contributed by atoms with Gasteiger partial charge in [0.2, 0.25) is 5.88 Å². The van der Waals surface area contributed by atoms with E-state index >= 15 is 0 Å². The number of aromatic nitrogens is 2. The molecule has 1 fully saturated rings. The number of rotatable bonds is 5. The van der Waals surface area contributed by atoms with Crippen LogP contribution in [0.2, 0.25) is 0 Å². The van der Waals surface area contributed by atoms with E-state index in [0.717, 1.165) is 16.7 Å². The van der Waals surface area contributed by atoms with Crippen molar-refractivity contribution < 1.29 is 23.7 Å². The van der Waals surface area contributed by atoms with Crippen molar-refractivity contribution >= 4 is 11.7 Å². The maximum Gasteiger partial charge on any atom is 0.411 e. The van der Waals surface area contributed by atoms with Gasteiger partial charge in [-0.3, -0.25) is 4.90 Å². The summed E-state index contributed by atoms with van der Waals surface area (Å²) in [6.45, 7) is 1.11. The third-order valence-corrected chi connectivity index (χ3v) is 5.07. The lowest BCUT2D eigenvalue weighted by Crippen LogP contribution is -2.56. The maximum absolute atomic E-state index is 12.8. The van der Waals surface area contributed by atoms with Crippen molar-refractivity contribution in [3.05, 3.63) is 53.7 Å². The fourth-order valence-corrected chi connectivity index (χ4v) is 3.70. The first-order valence-electron chi connectivity index (χ1n) is 9.42. The fourth-order valence-electron chi connectivity index (χ4n) is 3.70. The third-order valence-electron chi connectivity index (χ3n) is 5.07. The van der Waals surface area contributed by atoms with Gasteiger partial charge in [-0.1, -0.05) is 36.4 Å². The summed E-state index contributed by atoms with van der Waals surface area (Å²) >= 11 is 0. The van der Waals surface area contributed by atoms with Crippen LogP contribution in [-0.2, 0) is 16.1 Å². The Hall–Kier alpha value is -3.13. The number of nitrogens with zero attached hydrogens (tertiary/aromatic N) is 3. The molecule has 0 spiro atoms. The Labute approximate surface area is 169 Å². The van der Waals surface area contributed by atoms with Crippen LogP contribution in [0.1, 0.15) is 17.5 Å². The number of methoxy groups -OCH3 is 2. The molecule has 2 aromatic rings. The molecule has 4 rings (SSSR count). The van der Waals surface area contributed by atoms with Crippen LogP contribution in [-0.4, -0.2) is 60.5 Å². The van der Waals surface area contributed by atoms with Gasteiger partial charge in [0, 0.05) is 6.20 Å². The van der Waals surface area contributed by atoms with Crippen molar-refractivity contribution in [1.82, 2.24) is 14.9 Å². The van der Waals surface area contributed by atoms with Crippen LogP contribution in [0.5, 0.6) is 11.9 Å². The number of morpholine rings is 1. The number of hydrogen-bond donors (Lipinski definition) is 0. The molecule has 8 heteroatoms. The van der Waals surface area contributed by atoms with Crippen LogP contribution in [0.15, 0.2) is 42.6 Å². The standard InChI is InChI=1S/C21H23N3O5/c1-26-19-18(10-22-20(23-19)27-2)15-8-16-12-28-13-17(9-15)24(16)21(25)29-11-14-6-4-3-5-7-14/h3-8,10,16-17H,9,11-13H2,1-2H3. The maximum atomic E-state index is 12.8. The first-order chi connectivity index (χ1) is 14.2. The zero-order valence-corrected chi connectivity index (χ0v) is 16.4. The number of benzene rings is 1. The molecule has 0 saturated carbocycles. The van der Waals surface area contributed by atoms with Crippen LogP contribution in [0.25, 0.3) is 5.57 Å². The van der Waals surface area contributed by atoms with E-state index in [1.165, 1.54) is 7.11 Å². The van der Waals surface area contributed by atoms with Gasteiger partial charge in [-0.05, 0) is 17.6 Å². The van der Waals surface area contributed by atoms with E-state index in [0.29, 0.717) is 25.5 Å². The van der Waals surface area contributed by atoms with E-state index < -0.39 is 0 Å². The van der Waals surface area contributed by atoms with Crippen LogP contribution in [0.4, 0.5) is 4.79 Å². The van der Waals surface area contributed by atoms with Crippen molar-refractivity contribution in [3.63, 3.8) is 0 Å². The highest BCUT2D eigenvalue weighted by molar-refractivity contribution is 5.75. The van der Waals surface area contributed by atoms with Gasteiger partial charge in [0.1, 0.15) is 6.61 Å². The smallest absolute Gasteiger partial charge is 0.411 e. The summed E-state index contributed by atoms with van der Waals surface area (Å²) in [7, 11) is 3.07. The molecule has 3 heterocycles. The van der Waals surface area contributed by atoms with Gasteiger partial charge in [0.15, 0.2) is 0 Å². The molecule has 1 amide bonds. The average Bonchev–Trinajstić information content (AvgIpc) is 2.76. The van der Waals surface area contributed by atoms with E-state index in [-0.39, 0.29) is 30.8 Å². The Morgan fingerprint density at radius 3 is 2.76 bits per heavy atom. The van der Waals surface area contributed by atoms with Gasteiger partial charge in [0.05, 0.1) is 45.1 Å². The Kier molecular flexibility index (Phi) is 5.62. The summed E-state index contributed by atoms with van der Waals surface area (Å²) < 4.78 is 21.7. The summed E-state index contributed by atoms with van der Waals surface area (Å²) in [4.78, 5) is 23.0. The molecule has 2 bridgehead atoms. The van der Waals surface area contributed by atoms with Crippen molar-refractivity contribution in [2.75, 3.05) is 27.4 Å². The number of ether oxygens (including phenoxy) is 4. The number of carbonyl (C=O) groups is 1. The number of carbonyl (C=O) groups excluding carboxylic acids is 1. The zero-order valence-electron chi connectivity index (χ0n) is 16.4. The molecule has 0 N–H and O–H groups in total. The van der Waals surface area contributed by atoms with Crippen LogP contribution in [0.3, 0.4) is 0 Å². The van der Waals surface area contributed by atoms with Gasteiger partial charge in [0.25, 0.3) is 0 Å². The lowest BCUT2D eigenvalue weighted by Gasteiger charge is -2.43. The molecular weight excluding hydrogens is 374 g/mol. The minimum Gasteiger partial charge on any atom is -0.480 e. The normalized spacial score (nSPS) is 20.6. The Morgan fingerprint density at radius 2 is 2.03 bits per heavy atom. The topological polar surface area (TPSA) is 83.0 Å². The second-order valence-electron chi connectivity index (χ2n) is 6.88. The molecule has 1 saturated heterocycles. The Morgan fingerprint density at radius 1 is 1.21 bits per heavy atom. The fraction of sp³-hybridized carbons (Fsp3) is 0.381. The van der Waals surface area contributed by atoms with Crippen molar-refractivity contribution in [1.29, 1.82) is 0 Å². The summed E-state index contributed by atoms with van der Waals surface area (Å²) in [6, 6.07) is 9.55. The highest BCUT2D eigenvalue weighted by atomic mass is 16.6. The lowest BCUT2D eigenvalue weighted by molar-refractivity contribution is -0.0342. The number of hydrogen-bond acceptors (Lipinski definition) is 7. The highest BCUT2D eigenvalue weighted by Crippen LogP contribution is 2.36. The second-order valence-corrected chi connectivity index (χ2v) is 6.88. The molecule has 2 aliphatic heterocycles. The molecule has 1 aromatic heterocycles. The van der Waals surface area contributed by atoms with E-state index in [1.807, 2.05) is 36.4 Å². The minimum absolute atomic E-state index is 0.121. The largest absolute Gasteiger partial charge is 0.480 e. The molecule has 0 radical (unpaired) electrons. The second kappa shape index (κ2) is 8.48. The van der Waals surface area contributed by atoms with Crippen molar-refractivity contribution in [3.8, 4) is 11.9 Å². The molecule has 2 aliphatic rings. The van der Waals surface area contributed by atoms with Gasteiger partial charge in [-0.25, -0.2) is 9.78 Å². The summed E-state index contributed by atoms with van der Waals surface area (Å²) in [5, 5.41) is 0. The Balaban J connectivity index is 1.53. The monoisotopic (exact) mass is 397 g/mol. The van der Waals surface area contributed by atoms with E-state index in [4.69, 9.17) is 18.9 Å². The minimum atomic E-state index is -0.333. The van der Waals surface area contributed by atoms with E-state index in [1.54, 1.807) is 18.2 Å². The van der Waals surface area contributed by atoms with Crippen molar-refractivity contribution in [2.45, 2.75) is 25.1 Å². The van der Waals surface area contributed by atoms with Gasteiger partial charge in [-0.15, -0.1) is 0 Å². The molecular formula is C21H23N3O5. The average molecular weight is 397 g/mol. The predicted molar refractivity (Wildman–Crippen MR) is 105 cm³/mol. The zero-order chi connectivity index (χ0) is 20.2. The van der Waals surface area contributed by atoms with Gasteiger partial charge in [-0.2, -0.15) is 4.98 Å². The van der Waals surface area contributed by atoms with Crippen LogP contribution >= 0.6 is 0 Å². The SMILES string of the molecule is COc1ncc(C2=CC3COCC(C2)N3C(=O)OCc2ccccc2)c(OC)n1. The molecule has 1 aromatic carbocycles. The number of fused-ring (bicyclic) bond motifs is 2. The van der Waals surface area contributed by atoms with E-state index in [9.17, 15) is 4.79 Å². The van der Waals surface area contributed by atoms with Gasteiger partial charge < -0.3 is 18.9 Å². The third kappa shape index (κ3) is 4.02. The first-order valence-corrected chi connectivity index (χ1v) is 9.42. The van der Waals surface area contributed by atoms with Gasteiger partial charge >= 0.3 is 12.1 Å². The molecule has 0 aliphatic carbocycles. The summed E-state index contributed by atoms with van der Waals surface area (Å²) in [5.41, 5.74) is 2.77. The van der Waals surface area contributed by atoms with Crippen LogP contribution < -0.4 is 9.47 Å².